The number of nitrogens with one attached hydrogen (secondary N) is 1. The maximum atomic E-state index is 11.9. The molecule has 0 radical (unpaired) electrons. The number of rotatable bonds is 7. The van der Waals surface area contributed by atoms with Crippen LogP contribution in [-0.2, 0) is 14.3 Å². The number of anilines is 1. The zero-order valence-electron chi connectivity index (χ0n) is 12.7. The molecule has 2 aromatic carbocycles. The van der Waals surface area contributed by atoms with Crippen LogP contribution in [0.2, 0.25) is 0 Å². The molecule has 0 fully saturated rings. The maximum absolute atomic E-state index is 11.9. The fourth-order valence-electron chi connectivity index (χ4n) is 1.70. The number of carbonyl (C=O) groups is 2. The molecule has 0 spiro atoms. The summed E-state index contributed by atoms with van der Waals surface area (Å²) in [6.07, 6.45) is 0. The van der Waals surface area contributed by atoms with Gasteiger partial charge in [-0.15, -0.1) is 11.8 Å². The minimum atomic E-state index is -0.444. The summed E-state index contributed by atoms with van der Waals surface area (Å²) in [6.45, 7) is -0.143. The number of hydrogen-bond donors (Lipinski definition) is 1. The third-order valence-electron chi connectivity index (χ3n) is 2.84. The van der Waals surface area contributed by atoms with E-state index in [4.69, 9.17) is 4.74 Å². The van der Waals surface area contributed by atoms with Crippen LogP contribution >= 0.6 is 11.8 Å². The van der Waals surface area contributed by atoms with E-state index >= 15 is 0 Å². The molecule has 0 unspecified atom stereocenters. The number of amides is 1. The van der Waals surface area contributed by atoms with Crippen molar-refractivity contribution in [1.82, 2.24) is 0 Å². The molecule has 0 aliphatic heterocycles. The molecule has 1 amide bonds. The van der Waals surface area contributed by atoms with E-state index in [2.05, 4.69) is 10.1 Å². The molecule has 120 valence electrons. The highest BCUT2D eigenvalue weighted by molar-refractivity contribution is 8.00. The van der Waals surface area contributed by atoms with Gasteiger partial charge >= 0.3 is 5.97 Å². The Morgan fingerprint density at radius 1 is 1.04 bits per heavy atom. The van der Waals surface area contributed by atoms with Crippen LogP contribution in [0.4, 0.5) is 5.69 Å². The second kappa shape index (κ2) is 8.85. The molecule has 2 rings (SSSR count). The number of carbonyl (C=O) groups excluding carboxylic acids is 2. The van der Waals surface area contributed by atoms with Crippen LogP contribution < -0.4 is 10.1 Å². The van der Waals surface area contributed by atoms with Crippen molar-refractivity contribution in [3.05, 3.63) is 54.6 Å². The van der Waals surface area contributed by atoms with Gasteiger partial charge in [0.25, 0.3) is 0 Å². The predicted molar refractivity (Wildman–Crippen MR) is 89.7 cm³/mol. The summed E-state index contributed by atoms with van der Waals surface area (Å²) < 4.78 is 9.72. The fourth-order valence-corrected chi connectivity index (χ4v) is 2.42. The number of methoxy groups -OCH3 is 1. The Morgan fingerprint density at radius 3 is 2.39 bits per heavy atom. The zero-order chi connectivity index (χ0) is 16.5. The normalized spacial score (nSPS) is 9.96. The number of benzene rings is 2. The van der Waals surface area contributed by atoms with Crippen molar-refractivity contribution in [2.45, 2.75) is 4.90 Å². The van der Waals surface area contributed by atoms with Gasteiger partial charge in [0, 0.05) is 10.6 Å². The molecular weight excluding hydrogens is 314 g/mol. The van der Waals surface area contributed by atoms with E-state index in [0.29, 0.717) is 17.2 Å². The van der Waals surface area contributed by atoms with Crippen molar-refractivity contribution in [3.63, 3.8) is 0 Å². The Hall–Kier alpha value is -2.47. The maximum Gasteiger partial charge on any atom is 0.343 e. The average Bonchev–Trinajstić information content (AvgIpc) is 2.60. The highest BCUT2D eigenvalue weighted by Gasteiger charge is 2.05. The summed E-state index contributed by atoms with van der Waals surface area (Å²) in [5.41, 5.74) is 0.675. The van der Waals surface area contributed by atoms with E-state index in [1.54, 1.807) is 24.3 Å². The lowest BCUT2D eigenvalue weighted by Gasteiger charge is -2.07. The number of esters is 1. The number of ether oxygens (including phenoxy) is 2. The Kier molecular flexibility index (Phi) is 6.50. The largest absolute Gasteiger partial charge is 0.482 e. The SMILES string of the molecule is COC(=O)COc1ccc(NC(=O)CSc2ccccc2)cc1. The number of hydrogen-bond acceptors (Lipinski definition) is 5. The molecule has 0 atom stereocenters. The van der Waals surface area contributed by atoms with Crippen molar-refractivity contribution < 1.29 is 19.1 Å². The van der Waals surface area contributed by atoms with E-state index < -0.39 is 5.97 Å². The molecule has 0 saturated carbocycles. The van der Waals surface area contributed by atoms with Crippen molar-refractivity contribution in [3.8, 4) is 5.75 Å². The smallest absolute Gasteiger partial charge is 0.343 e. The Balaban J connectivity index is 1.78. The molecule has 2 aromatic rings. The van der Waals surface area contributed by atoms with E-state index in [1.165, 1.54) is 18.9 Å². The van der Waals surface area contributed by atoms with E-state index in [1.807, 2.05) is 30.3 Å². The lowest BCUT2D eigenvalue weighted by atomic mass is 10.3. The minimum Gasteiger partial charge on any atom is -0.482 e. The van der Waals surface area contributed by atoms with E-state index in [9.17, 15) is 9.59 Å². The van der Waals surface area contributed by atoms with E-state index in [0.717, 1.165) is 4.90 Å². The summed E-state index contributed by atoms with van der Waals surface area (Å²) in [7, 11) is 1.30. The number of thioether (sulfide) groups is 1. The Morgan fingerprint density at radius 2 is 1.74 bits per heavy atom. The van der Waals surface area contributed by atoms with Crippen LogP contribution in [0, 0.1) is 0 Å². The molecule has 5 nitrogen and oxygen atoms in total. The Bertz CT molecular complexity index is 643. The highest BCUT2D eigenvalue weighted by atomic mass is 32.2. The quantitative estimate of drug-likeness (QED) is 0.624. The first-order valence-corrected chi connectivity index (χ1v) is 7.93. The fraction of sp³-hybridized carbons (Fsp3) is 0.176. The van der Waals surface area contributed by atoms with Gasteiger partial charge in [-0.25, -0.2) is 4.79 Å². The van der Waals surface area contributed by atoms with Crippen LogP contribution in [0.3, 0.4) is 0 Å². The van der Waals surface area contributed by atoms with Crippen molar-refractivity contribution in [1.29, 1.82) is 0 Å². The highest BCUT2D eigenvalue weighted by Crippen LogP contribution is 2.19. The third-order valence-corrected chi connectivity index (χ3v) is 3.85. The van der Waals surface area contributed by atoms with Crippen LogP contribution in [0.5, 0.6) is 5.75 Å². The zero-order valence-corrected chi connectivity index (χ0v) is 13.5. The van der Waals surface area contributed by atoms with Gasteiger partial charge < -0.3 is 14.8 Å². The van der Waals surface area contributed by atoms with Gasteiger partial charge in [0.2, 0.25) is 5.91 Å². The second-order valence-corrected chi connectivity index (χ2v) is 5.59. The topological polar surface area (TPSA) is 64.6 Å². The molecule has 1 N–H and O–H groups in total. The van der Waals surface area contributed by atoms with Gasteiger partial charge in [0.05, 0.1) is 12.9 Å². The predicted octanol–water partition coefficient (Wildman–Crippen LogP) is 2.97. The van der Waals surface area contributed by atoms with Crippen LogP contribution in [0.1, 0.15) is 0 Å². The van der Waals surface area contributed by atoms with Crippen LogP contribution in [0.25, 0.3) is 0 Å². The molecular formula is C17H17NO4S. The first-order chi connectivity index (χ1) is 11.2. The summed E-state index contributed by atoms with van der Waals surface area (Å²) in [4.78, 5) is 23.9. The van der Waals surface area contributed by atoms with Crippen molar-refractivity contribution >= 4 is 29.3 Å². The minimum absolute atomic E-state index is 0.0814. The first-order valence-electron chi connectivity index (χ1n) is 6.95. The monoisotopic (exact) mass is 331 g/mol. The lowest BCUT2D eigenvalue weighted by molar-refractivity contribution is -0.142. The van der Waals surface area contributed by atoms with Gasteiger partial charge in [-0.05, 0) is 36.4 Å². The second-order valence-electron chi connectivity index (χ2n) is 4.54. The van der Waals surface area contributed by atoms with Gasteiger partial charge in [-0.2, -0.15) is 0 Å². The molecule has 23 heavy (non-hydrogen) atoms. The van der Waals surface area contributed by atoms with Crippen LogP contribution in [-0.4, -0.2) is 31.3 Å². The van der Waals surface area contributed by atoms with Crippen molar-refractivity contribution in [2.24, 2.45) is 0 Å². The molecule has 0 aromatic heterocycles. The summed E-state index contributed by atoms with van der Waals surface area (Å²) in [6, 6.07) is 16.5. The molecule has 0 saturated heterocycles. The van der Waals surface area contributed by atoms with Gasteiger partial charge in [0.1, 0.15) is 5.75 Å². The van der Waals surface area contributed by atoms with Gasteiger partial charge in [-0.1, -0.05) is 18.2 Å². The van der Waals surface area contributed by atoms with Crippen molar-refractivity contribution in [2.75, 3.05) is 24.8 Å². The standard InChI is InChI=1S/C17H17NO4S/c1-21-17(20)11-22-14-9-7-13(8-10-14)18-16(19)12-23-15-5-3-2-4-6-15/h2-10H,11-12H2,1H3,(H,18,19). The lowest BCUT2D eigenvalue weighted by Crippen LogP contribution is -2.14. The Labute approximate surface area is 139 Å². The first kappa shape index (κ1) is 16.9. The molecule has 6 heteroatoms. The van der Waals surface area contributed by atoms with Gasteiger partial charge in [-0.3, -0.25) is 4.79 Å². The van der Waals surface area contributed by atoms with Crippen LogP contribution in [0.15, 0.2) is 59.5 Å². The summed E-state index contributed by atoms with van der Waals surface area (Å²) in [5.74, 6) is 0.347. The van der Waals surface area contributed by atoms with Gasteiger partial charge in [0.15, 0.2) is 6.61 Å². The van der Waals surface area contributed by atoms with E-state index in [-0.39, 0.29) is 12.5 Å². The summed E-state index contributed by atoms with van der Waals surface area (Å²) in [5, 5.41) is 2.81. The average molecular weight is 331 g/mol. The molecule has 0 heterocycles. The molecule has 0 bridgehead atoms. The molecule has 0 aliphatic carbocycles. The summed E-state index contributed by atoms with van der Waals surface area (Å²) >= 11 is 1.48. The third kappa shape index (κ3) is 6.04. The molecule has 0 aliphatic rings.